The third-order valence-electron chi connectivity index (χ3n) is 3.57. The Bertz CT molecular complexity index is 807. The van der Waals surface area contributed by atoms with E-state index in [1.54, 1.807) is 11.4 Å². The van der Waals surface area contributed by atoms with Gasteiger partial charge in [0.15, 0.2) is 0 Å². The van der Waals surface area contributed by atoms with E-state index in [1.807, 2.05) is 6.07 Å². The van der Waals surface area contributed by atoms with Gasteiger partial charge in [0, 0.05) is 18.0 Å². The van der Waals surface area contributed by atoms with Crippen molar-refractivity contribution in [2.45, 2.75) is 24.3 Å². The molecule has 0 atom stereocenters. The maximum absolute atomic E-state index is 12.6. The number of thiophene rings is 2. The molecule has 1 fully saturated rings. The Labute approximate surface area is 147 Å². The molecular weight excluding hydrogens is 376 g/mol. The van der Waals surface area contributed by atoms with Crippen LogP contribution in [0, 0.1) is 0 Å². The number of rotatable bonds is 5. The zero-order chi connectivity index (χ0) is 16.4. The van der Waals surface area contributed by atoms with Crippen molar-refractivity contribution in [3.63, 3.8) is 0 Å². The second-order valence-electron chi connectivity index (χ2n) is 5.11. The topological polar surface area (TPSA) is 66.5 Å². The van der Waals surface area contributed by atoms with Crippen LogP contribution in [0.25, 0.3) is 0 Å². The van der Waals surface area contributed by atoms with E-state index < -0.39 is 10.0 Å². The van der Waals surface area contributed by atoms with Crippen molar-refractivity contribution in [2.24, 2.45) is 0 Å². The number of amides is 1. The Balaban J connectivity index is 1.76. The summed E-state index contributed by atoms with van der Waals surface area (Å²) in [4.78, 5) is 13.6. The first kappa shape index (κ1) is 16.9. The molecule has 1 amide bonds. The highest BCUT2D eigenvalue weighted by Crippen LogP contribution is 2.28. The zero-order valence-corrected chi connectivity index (χ0v) is 15.3. The Morgan fingerprint density at radius 3 is 2.65 bits per heavy atom. The fraction of sp³-hybridized carbons (Fsp3) is 0.357. The first-order chi connectivity index (χ1) is 11.0. The van der Waals surface area contributed by atoms with Gasteiger partial charge in [-0.3, -0.25) is 4.79 Å². The highest BCUT2D eigenvalue weighted by Gasteiger charge is 2.31. The SMILES string of the molecule is O=C(NCc1ccc(Cl)s1)c1sccc1S(=O)(=O)N1CCCC1. The molecule has 23 heavy (non-hydrogen) atoms. The zero-order valence-electron chi connectivity index (χ0n) is 12.1. The summed E-state index contributed by atoms with van der Waals surface area (Å²) in [5, 5.41) is 4.40. The van der Waals surface area contributed by atoms with Crippen molar-refractivity contribution in [3.05, 3.63) is 37.7 Å². The van der Waals surface area contributed by atoms with Crippen molar-refractivity contribution in [3.8, 4) is 0 Å². The van der Waals surface area contributed by atoms with Gasteiger partial charge in [0.05, 0.1) is 10.9 Å². The third kappa shape index (κ3) is 3.61. The van der Waals surface area contributed by atoms with Crippen LogP contribution in [0.4, 0.5) is 0 Å². The molecule has 1 saturated heterocycles. The van der Waals surface area contributed by atoms with Gasteiger partial charge in [0.25, 0.3) is 5.91 Å². The molecule has 0 radical (unpaired) electrons. The molecule has 0 aliphatic carbocycles. The molecule has 1 aliphatic rings. The van der Waals surface area contributed by atoms with Crippen molar-refractivity contribution in [1.29, 1.82) is 0 Å². The highest BCUT2D eigenvalue weighted by atomic mass is 35.5. The van der Waals surface area contributed by atoms with Gasteiger partial charge in [-0.2, -0.15) is 4.31 Å². The van der Waals surface area contributed by atoms with Crippen molar-refractivity contribution in [2.75, 3.05) is 13.1 Å². The smallest absolute Gasteiger partial charge is 0.263 e. The Morgan fingerprint density at radius 1 is 1.26 bits per heavy atom. The van der Waals surface area contributed by atoms with Crippen LogP contribution in [-0.2, 0) is 16.6 Å². The van der Waals surface area contributed by atoms with Crippen LogP contribution in [0.5, 0.6) is 0 Å². The lowest BCUT2D eigenvalue weighted by atomic mass is 10.4. The van der Waals surface area contributed by atoms with Gasteiger partial charge in [-0.05, 0) is 36.4 Å². The van der Waals surface area contributed by atoms with E-state index in [-0.39, 0.29) is 15.7 Å². The lowest BCUT2D eigenvalue weighted by Gasteiger charge is -2.15. The van der Waals surface area contributed by atoms with Gasteiger partial charge in [-0.15, -0.1) is 22.7 Å². The van der Waals surface area contributed by atoms with Crippen LogP contribution in [0.2, 0.25) is 4.34 Å². The van der Waals surface area contributed by atoms with Crippen LogP contribution in [0.15, 0.2) is 28.5 Å². The lowest BCUT2D eigenvalue weighted by molar-refractivity contribution is 0.0952. The first-order valence-corrected chi connectivity index (χ1v) is 10.6. The van der Waals surface area contributed by atoms with Crippen LogP contribution >= 0.6 is 34.3 Å². The van der Waals surface area contributed by atoms with Crippen LogP contribution in [-0.4, -0.2) is 31.7 Å². The van der Waals surface area contributed by atoms with E-state index in [1.165, 1.54) is 21.7 Å². The van der Waals surface area contributed by atoms with Crippen molar-refractivity contribution in [1.82, 2.24) is 9.62 Å². The van der Waals surface area contributed by atoms with E-state index in [0.29, 0.717) is 24.0 Å². The van der Waals surface area contributed by atoms with Crippen molar-refractivity contribution < 1.29 is 13.2 Å². The summed E-state index contributed by atoms with van der Waals surface area (Å²) in [6, 6.07) is 5.11. The summed E-state index contributed by atoms with van der Waals surface area (Å²) in [5.41, 5.74) is 0. The third-order valence-corrected chi connectivity index (χ3v) is 7.78. The molecule has 5 nitrogen and oxygen atoms in total. The molecule has 1 aliphatic heterocycles. The standard InChI is InChI=1S/C14H15ClN2O3S3/c15-12-4-3-10(22-12)9-16-14(18)13-11(5-8-21-13)23(19,20)17-6-1-2-7-17/h3-5,8H,1-2,6-7,9H2,(H,16,18). The molecule has 2 aromatic heterocycles. The van der Waals surface area contributed by atoms with E-state index in [4.69, 9.17) is 11.6 Å². The minimum absolute atomic E-state index is 0.103. The highest BCUT2D eigenvalue weighted by molar-refractivity contribution is 7.89. The van der Waals surface area contributed by atoms with E-state index in [0.717, 1.165) is 29.1 Å². The number of hydrogen-bond donors (Lipinski definition) is 1. The maximum Gasteiger partial charge on any atom is 0.263 e. The summed E-state index contributed by atoms with van der Waals surface area (Å²) < 4.78 is 27.4. The summed E-state index contributed by atoms with van der Waals surface area (Å²) in [7, 11) is -3.59. The quantitative estimate of drug-likeness (QED) is 0.852. The number of nitrogens with one attached hydrogen (secondary N) is 1. The van der Waals surface area contributed by atoms with Gasteiger partial charge < -0.3 is 5.32 Å². The van der Waals surface area contributed by atoms with Gasteiger partial charge in [-0.1, -0.05) is 11.6 Å². The lowest BCUT2D eigenvalue weighted by Crippen LogP contribution is -2.30. The van der Waals surface area contributed by atoms with Crippen molar-refractivity contribution >= 4 is 50.2 Å². The van der Waals surface area contributed by atoms with Crippen LogP contribution in [0.3, 0.4) is 0 Å². The fourth-order valence-electron chi connectivity index (χ4n) is 2.43. The molecule has 2 aromatic rings. The number of hydrogen-bond acceptors (Lipinski definition) is 5. The maximum atomic E-state index is 12.6. The Kier molecular flexibility index (Phi) is 5.07. The molecule has 3 heterocycles. The summed E-state index contributed by atoms with van der Waals surface area (Å²) in [6.07, 6.45) is 1.73. The molecule has 3 rings (SSSR count). The molecule has 9 heteroatoms. The number of carbonyl (C=O) groups excluding carboxylic acids is 1. The van der Waals surface area contributed by atoms with E-state index >= 15 is 0 Å². The average molecular weight is 391 g/mol. The second kappa shape index (κ2) is 6.90. The summed E-state index contributed by atoms with van der Waals surface area (Å²) in [5.74, 6) is -0.373. The first-order valence-electron chi connectivity index (χ1n) is 7.08. The monoisotopic (exact) mass is 390 g/mol. The second-order valence-corrected chi connectivity index (χ2v) is 9.74. The molecule has 0 spiro atoms. The molecule has 124 valence electrons. The Hall–Kier alpha value is -0.930. The largest absolute Gasteiger partial charge is 0.346 e. The van der Waals surface area contributed by atoms with Gasteiger partial charge in [-0.25, -0.2) is 8.42 Å². The summed E-state index contributed by atoms with van der Waals surface area (Å²) >= 11 is 8.38. The predicted octanol–water partition coefficient (Wildman–Crippen LogP) is 3.18. The normalized spacial score (nSPS) is 15.9. The van der Waals surface area contributed by atoms with Gasteiger partial charge in [0.1, 0.15) is 9.77 Å². The van der Waals surface area contributed by atoms with E-state index in [9.17, 15) is 13.2 Å². The molecule has 1 N–H and O–H groups in total. The summed E-state index contributed by atoms with van der Waals surface area (Å²) in [6.45, 7) is 1.37. The molecule has 0 saturated carbocycles. The van der Waals surface area contributed by atoms with Crippen LogP contribution in [0.1, 0.15) is 27.4 Å². The van der Waals surface area contributed by atoms with Gasteiger partial charge >= 0.3 is 0 Å². The van der Waals surface area contributed by atoms with Gasteiger partial charge in [0.2, 0.25) is 10.0 Å². The number of carbonyl (C=O) groups is 1. The number of sulfonamides is 1. The molecular formula is C14H15ClN2O3S3. The minimum atomic E-state index is -3.59. The fourth-order valence-corrected chi connectivity index (χ4v) is 6.29. The van der Waals surface area contributed by atoms with E-state index in [2.05, 4.69) is 5.32 Å². The molecule has 0 unspecified atom stereocenters. The molecule has 0 bridgehead atoms. The van der Waals surface area contributed by atoms with Crippen LogP contribution < -0.4 is 5.32 Å². The number of nitrogens with zero attached hydrogens (tertiary/aromatic N) is 1. The minimum Gasteiger partial charge on any atom is -0.346 e. The average Bonchev–Trinajstić information content (AvgIpc) is 3.25. The number of halogens is 1. The Morgan fingerprint density at radius 2 is 2.00 bits per heavy atom. The predicted molar refractivity (Wildman–Crippen MR) is 92.8 cm³/mol. The molecule has 0 aromatic carbocycles.